The Morgan fingerprint density at radius 3 is 2.53 bits per heavy atom. The van der Waals surface area contributed by atoms with Crippen LogP contribution in [0.4, 0.5) is 0 Å². The lowest BCUT2D eigenvalue weighted by atomic mass is 10.1. The third kappa shape index (κ3) is 2.39. The Labute approximate surface area is 93.1 Å². The Balaban J connectivity index is 2.09. The first-order valence-electron chi connectivity index (χ1n) is 5.40. The minimum atomic E-state index is -0.395. The van der Waals surface area contributed by atoms with E-state index < -0.39 is 8.30 Å². The molecule has 0 spiro atoms. The van der Waals surface area contributed by atoms with Crippen LogP contribution in [-0.2, 0) is 4.52 Å². The zero-order valence-electron chi connectivity index (χ0n) is 9.55. The second-order valence-corrected chi connectivity index (χ2v) is 6.77. The standard InChI is InChI=1S/C12H18NOP/c1-10(2)15-13(3)9-12(14-15)11-7-5-4-6-8-11/h4-8,10,12H,9H2,1-3H3. The first-order valence-corrected chi connectivity index (χ1v) is 6.68. The largest absolute Gasteiger partial charge is 0.334 e. The van der Waals surface area contributed by atoms with Gasteiger partial charge in [0.15, 0.2) is 0 Å². The number of rotatable bonds is 2. The molecule has 2 nitrogen and oxygen atoms in total. The Morgan fingerprint density at radius 2 is 2.00 bits per heavy atom. The van der Waals surface area contributed by atoms with Gasteiger partial charge in [-0.3, -0.25) is 4.67 Å². The highest BCUT2D eigenvalue weighted by atomic mass is 31.2. The molecule has 3 heteroatoms. The van der Waals surface area contributed by atoms with E-state index in [4.69, 9.17) is 4.52 Å². The molecule has 0 aromatic heterocycles. The molecule has 1 aliphatic rings. The van der Waals surface area contributed by atoms with E-state index in [9.17, 15) is 0 Å². The minimum absolute atomic E-state index is 0.268. The summed E-state index contributed by atoms with van der Waals surface area (Å²) in [6, 6.07) is 10.5. The van der Waals surface area contributed by atoms with Crippen LogP contribution in [0.5, 0.6) is 0 Å². The van der Waals surface area contributed by atoms with Gasteiger partial charge in [-0.2, -0.15) is 0 Å². The maximum atomic E-state index is 6.11. The quantitative estimate of drug-likeness (QED) is 0.712. The average molecular weight is 223 g/mol. The minimum Gasteiger partial charge on any atom is -0.334 e. The highest BCUT2D eigenvalue weighted by Crippen LogP contribution is 2.54. The fourth-order valence-electron chi connectivity index (χ4n) is 1.91. The Morgan fingerprint density at radius 1 is 1.33 bits per heavy atom. The van der Waals surface area contributed by atoms with E-state index in [-0.39, 0.29) is 6.10 Å². The van der Waals surface area contributed by atoms with Crippen LogP contribution in [0.2, 0.25) is 0 Å². The van der Waals surface area contributed by atoms with Gasteiger partial charge in [-0.15, -0.1) is 0 Å². The van der Waals surface area contributed by atoms with Crippen molar-refractivity contribution in [2.24, 2.45) is 0 Å². The van der Waals surface area contributed by atoms with Crippen LogP contribution in [0.1, 0.15) is 25.5 Å². The van der Waals surface area contributed by atoms with Crippen LogP contribution in [-0.4, -0.2) is 23.9 Å². The second-order valence-electron chi connectivity index (χ2n) is 4.24. The maximum absolute atomic E-state index is 6.11. The maximum Gasteiger partial charge on any atom is 0.107 e. The molecule has 0 aliphatic carbocycles. The molecule has 2 rings (SSSR count). The molecule has 0 radical (unpaired) electrons. The summed E-state index contributed by atoms with van der Waals surface area (Å²) in [6.07, 6.45) is 0.268. The molecule has 0 bridgehead atoms. The van der Waals surface area contributed by atoms with Gasteiger partial charge >= 0.3 is 0 Å². The first-order chi connectivity index (χ1) is 7.18. The number of hydrogen-bond acceptors (Lipinski definition) is 2. The molecular weight excluding hydrogens is 205 g/mol. The van der Waals surface area contributed by atoms with Gasteiger partial charge < -0.3 is 4.52 Å². The third-order valence-corrected chi connectivity index (χ3v) is 4.81. The Hall–Kier alpha value is -0.430. The van der Waals surface area contributed by atoms with Crippen molar-refractivity contribution in [1.82, 2.24) is 4.67 Å². The third-order valence-electron chi connectivity index (χ3n) is 2.61. The smallest absolute Gasteiger partial charge is 0.107 e. The summed E-state index contributed by atoms with van der Waals surface area (Å²) in [6.45, 7) is 5.49. The fourth-order valence-corrected chi connectivity index (χ4v) is 3.87. The summed E-state index contributed by atoms with van der Waals surface area (Å²) in [5, 5.41) is 0. The molecule has 1 heterocycles. The lowest BCUT2D eigenvalue weighted by molar-refractivity contribution is 0.262. The van der Waals surface area contributed by atoms with Crippen molar-refractivity contribution < 1.29 is 4.52 Å². The highest BCUT2D eigenvalue weighted by Gasteiger charge is 2.33. The van der Waals surface area contributed by atoms with Crippen LogP contribution < -0.4 is 0 Å². The predicted octanol–water partition coefficient (Wildman–Crippen LogP) is 3.41. The summed E-state index contributed by atoms with van der Waals surface area (Å²) in [4.78, 5) is 0. The van der Waals surface area contributed by atoms with Crippen molar-refractivity contribution in [1.29, 1.82) is 0 Å². The fraction of sp³-hybridized carbons (Fsp3) is 0.500. The van der Waals surface area contributed by atoms with E-state index in [1.54, 1.807) is 0 Å². The SMILES string of the molecule is CC(C)P1OC(c2ccccc2)CN1C. The molecular formula is C12H18NOP. The summed E-state index contributed by atoms with van der Waals surface area (Å²) in [5.74, 6) is 0. The number of hydrogen-bond donors (Lipinski definition) is 0. The normalized spacial score (nSPS) is 27.5. The highest BCUT2D eigenvalue weighted by molar-refractivity contribution is 7.50. The van der Waals surface area contributed by atoms with Gasteiger partial charge in [-0.05, 0) is 12.6 Å². The van der Waals surface area contributed by atoms with E-state index in [0.717, 1.165) is 6.54 Å². The molecule has 0 saturated carbocycles. The molecule has 1 saturated heterocycles. The van der Waals surface area contributed by atoms with Gasteiger partial charge in [0, 0.05) is 12.2 Å². The van der Waals surface area contributed by atoms with E-state index in [2.05, 4.69) is 49.8 Å². The Kier molecular flexibility index (Phi) is 3.40. The topological polar surface area (TPSA) is 12.5 Å². The van der Waals surface area contributed by atoms with Crippen LogP contribution in [0.25, 0.3) is 0 Å². The predicted molar refractivity (Wildman–Crippen MR) is 65.0 cm³/mol. The van der Waals surface area contributed by atoms with Crippen molar-refractivity contribution in [2.45, 2.75) is 25.6 Å². The van der Waals surface area contributed by atoms with E-state index >= 15 is 0 Å². The zero-order chi connectivity index (χ0) is 10.8. The van der Waals surface area contributed by atoms with E-state index in [1.807, 2.05) is 6.07 Å². The van der Waals surface area contributed by atoms with Gasteiger partial charge in [0.25, 0.3) is 0 Å². The lowest BCUT2D eigenvalue weighted by Crippen LogP contribution is -2.12. The zero-order valence-corrected chi connectivity index (χ0v) is 10.4. The Bertz CT molecular complexity index is 315. The van der Waals surface area contributed by atoms with Crippen molar-refractivity contribution >= 4 is 8.30 Å². The summed E-state index contributed by atoms with van der Waals surface area (Å²) < 4.78 is 8.47. The van der Waals surface area contributed by atoms with Gasteiger partial charge in [0.1, 0.15) is 14.4 Å². The molecule has 1 aliphatic heterocycles. The molecule has 2 atom stereocenters. The number of nitrogens with zero attached hydrogens (tertiary/aromatic N) is 1. The van der Waals surface area contributed by atoms with Gasteiger partial charge in [-0.25, -0.2) is 0 Å². The van der Waals surface area contributed by atoms with Crippen molar-refractivity contribution in [3.05, 3.63) is 35.9 Å². The summed E-state index contributed by atoms with van der Waals surface area (Å²) >= 11 is 0. The van der Waals surface area contributed by atoms with E-state index in [0.29, 0.717) is 5.66 Å². The molecule has 82 valence electrons. The van der Waals surface area contributed by atoms with Crippen molar-refractivity contribution in [2.75, 3.05) is 13.6 Å². The van der Waals surface area contributed by atoms with Gasteiger partial charge in [0.2, 0.25) is 0 Å². The number of likely N-dealkylation sites (N-methyl/N-ethyl adjacent to an activating group) is 1. The molecule has 15 heavy (non-hydrogen) atoms. The van der Waals surface area contributed by atoms with Crippen LogP contribution in [0, 0.1) is 0 Å². The number of benzene rings is 1. The molecule has 0 amide bonds. The molecule has 1 fully saturated rings. The van der Waals surface area contributed by atoms with Crippen LogP contribution >= 0.6 is 8.30 Å². The monoisotopic (exact) mass is 223 g/mol. The van der Waals surface area contributed by atoms with Crippen LogP contribution in [0.15, 0.2) is 30.3 Å². The van der Waals surface area contributed by atoms with Gasteiger partial charge in [-0.1, -0.05) is 44.2 Å². The first kappa shape index (κ1) is 11.1. The van der Waals surface area contributed by atoms with Crippen LogP contribution in [0.3, 0.4) is 0 Å². The molecule has 1 aromatic rings. The van der Waals surface area contributed by atoms with E-state index in [1.165, 1.54) is 5.56 Å². The lowest BCUT2D eigenvalue weighted by Gasteiger charge is -2.20. The van der Waals surface area contributed by atoms with Gasteiger partial charge in [0.05, 0.1) is 0 Å². The summed E-state index contributed by atoms with van der Waals surface area (Å²) in [7, 11) is 1.77. The average Bonchev–Trinajstić information content (AvgIpc) is 2.62. The second kappa shape index (κ2) is 4.61. The molecule has 2 unspecified atom stereocenters. The molecule has 0 N–H and O–H groups in total. The molecule has 1 aromatic carbocycles. The van der Waals surface area contributed by atoms with Crippen molar-refractivity contribution in [3.8, 4) is 0 Å². The van der Waals surface area contributed by atoms with Crippen molar-refractivity contribution in [3.63, 3.8) is 0 Å². The summed E-state index contributed by atoms with van der Waals surface area (Å²) in [5.41, 5.74) is 1.91.